The molecule has 0 radical (unpaired) electrons. The Hall–Kier alpha value is -2.84. The van der Waals surface area contributed by atoms with E-state index < -0.39 is 10.8 Å². The van der Waals surface area contributed by atoms with Gasteiger partial charge in [-0.1, -0.05) is 5.10 Å². The van der Waals surface area contributed by atoms with Crippen LogP contribution in [-0.2, 0) is 7.05 Å². The quantitative estimate of drug-likeness (QED) is 0.642. The van der Waals surface area contributed by atoms with Gasteiger partial charge in [-0.05, 0) is 29.0 Å². The lowest BCUT2D eigenvalue weighted by molar-refractivity contribution is -0.384. The maximum atomic E-state index is 12.0. The largest absolute Gasteiger partial charge is 0.289 e. The summed E-state index contributed by atoms with van der Waals surface area (Å²) in [6.07, 6.45) is 0. The molecule has 0 bridgehead atoms. The second kappa shape index (κ2) is 4.80. The number of nitrogens with one attached hydrogen (secondary N) is 1. The van der Waals surface area contributed by atoms with Gasteiger partial charge in [0.25, 0.3) is 11.6 Å². The molecule has 1 aromatic heterocycles. The number of tetrazole rings is 1. The Labute approximate surface area is 107 Å². The van der Waals surface area contributed by atoms with Crippen LogP contribution in [0.15, 0.2) is 18.2 Å². The molecule has 0 atom stereocenters. The first-order valence-electron chi connectivity index (χ1n) is 5.28. The molecule has 98 valence electrons. The molecule has 1 amide bonds. The number of hydrogen-bond acceptors (Lipinski definition) is 6. The van der Waals surface area contributed by atoms with E-state index in [1.807, 2.05) is 0 Å². The highest BCUT2D eigenvalue weighted by molar-refractivity contribution is 6.04. The fraction of sp³-hybridized carbons (Fsp3) is 0.200. The number of rotatable bonds is 3. The van der Waals surface area contributed by atoms with Gasteiger partial charge in [-0.2, -0.15) is 0 Å². The molecule has 0 unspecified atom stereocenters. The Balaban J connectivity index is 2.25. The first-order chi connectivity index (χ1) is 8.99. The van der Waals surface area contributed by atoms with Crippen LogP contribution in [-0.4, -0.2) is 31.0 Å². The number of carbonyl (C=O) groups is 1. The van der Waals surface area contributed by atoms with Gasteiger partial charge < -0.3 is 0 Å². The summed E-state index contributed by atoms with van der Waals surface area (Å²) in [6, 6.07) is 4.01. The van der Waals surface area contributed by atoms with Gasteiger partial charge in [0.1, 0.15) is 0 Å². The van der Waals surface area contributed by atoms with E-state index in [-0.39, 0.29) is 11.6 Å². The van der Waals surface area contributed by atoms with E-state index in [2.05, 4.69) is 20.8 Å². The Morgan fingerprint density at radius 3 is 2.74 bits per heavy atom. The molecule has 2 aromatic rings. The summed E-state index contributed by atoms with van der Waals surface area (Å²) in [4.78, 5) is 22.1. The summed E-state index contributed by atoms with van der Waals surface area (Å²) in [7, 11) is 1.58. The van der Waals surface area contributed by atoms with E-state index in [9.17, 15) is 14.9 Å². The third-order valence-corrected chi connectivity index (χ3v) is 2.51. The van der Waals surface area contributed by atoms with Crippen LogP contribution in [0, 0.1) is 17.0 Å². The number of aromatic nitrogens is 4. The summed E-state index contributed by atoms with van der Waals surface area (Å²) in [5, 5.41) is 23.7. The molecule has 19 heavy (non-hydrogen) atoms. The summed E-state index contributed by atoms with van der Waals surface area (Å²) < 4.78 is 1.30. The Morgan fingerprint density at radius 1 is 1.47 bits per heavy atom. The SMILES string of the molecule is Cc1cc([N+](=O)[O-])ccc1C(=O)Nc1nnnn1C. The molecule has 1 N–H and O–H groups in total. The molecule has 2 rings (SSSR count). The molecule has 1 heterocycles. The van der Waals surface area contributed by atoms with Crippen molar-refractivity contribution in [3.8, 4) is 0 Å². The highest BCUT2D eigenvalue weighted by atomic mass is 16.6. The number of non-ortho nitro benzene ring substituents is 1. The normalized spacial score (nSPS) is 10.2. The minimum absolute atomic E-state index is 0.0608. The first kappa shape index (κ1) is 12.6. The molecule has 0 fully saturated rings. The zero-order valence-electron chi connectivity index (χ0n) is 10.2. The molecule has 0 spiro atoms. The molecule has 0 aliphatic heterocycles. The number of hydrogen-bond donors (Lipinski definition) is 1. The number of carbonyl (C=O) groups excluding carboxylic acids is 1. The predicted octanol–water partition coefficient (Wildman–Crippen LogP) is 0.679. The number of aryl methyl sites for hydroxylation is 2. The van der Waals surface area contributed by atoms with Crippen LogP contribution < -0.4 is 5.32 Å². The van der Waals surface area contributed by atoms with Crippen molar-refractivity contribution in [3.63, 3.8) is 0 Å². The van der Waals surface area contributed by atoms with Crippen LogP contribution in [0.25, 0.3) is 0 Å². The topological polar surface area (TPSA) is 116 Å². The van der Waals surface area contributed by atoms with E-state index in [1.165, 1.54) is 22.9 Å². The molecule has 0 aliphatic carbocycles. The summed E-state index contributed by atoms with van der Waals surface area (Å²) in [5.74, 6) is -0.229. The molecular formula is C10H10N6O3. The second-order valence-electron chi connectivity index (χ2n) is 3.84. The molecule has 9 heteroatoms. The van der Waals surface area contributed by atoms with Crippen molar-refractivity contribution in [2.75, 3.05) is 5.32 Å². The van der Waals surface area contributed by atoms with Gasteiger partial charge >= 0.3 is 0 Å². The number of nitro benzene ring substituents is 1. The average molecular weight is 262 g/mol. The van der Waals surface area contributed by atoms with E-state index in [0.717, 1.165) is 0 Å². The first-order valence-corrected chi connectivity index (χ1v) is 5.28. The minimum Gasteiger partial charge on any atom is -0.289 e. The monoisotopic (exact) mass is 262 g/mol. The van der Waals surface area contributed by atoms with Crippen molar-refractivity contribution in [2.45, 2.75) is 6.92 Å². The van der Waals surface area contributed by atoms with E-state index in [1.54, 1.807) is 14.0 Å². The van der Waals surface area contributed by atoms with Crippen molar-refractivity contribution in [1.29, 1.82) is 0 Å². The number of anilines is 1. The zero-order chi connectivity index (χ0) is 14.0. The number of nitro groups is 1. The number of amides is 1. The molecule has 9 nitrogen and oxygen atoms in total. The lowest BCUT2D eigenvalue weighted by atomic mass is 10.1. The van der Waals surface area contributed by atoms with Crippen molar-refractivity contribution in [2.24, 2.45) is 7.05 Å². The second-order valence-corrected chi connectivity index (χ2v) is 3.84. The molecular weight excluding hydrogens is 252 g/mol. The Bertz CT molecular complexity index is 650. The van der Waals surface area contributed by atoms with Gasteiger partial charge in [-0.3, -0.25) is 20.2 Å². The number of nitrogens with zero attached hydrogens (tertiary/aromatic N) is 5. The fourth-order valence-electron chi connectivity index (χ4n) is 1.52. The summed E-state index contributed by atoms with van der Waals surface area (Å²) in [5.41, 5.74) is 0.768. The van der Waals surface area contributed by atoms with E-state index >= 15 is 0 Å². The van der Waals surface area contributed by atoms with Crippen molar-refractivity contribution in [1.82, 2.24) is 20.2 Å². The van der Waals surface area contributed by atoms with Gasteiger partial charge in [0.2, 0.25) is 5.95 Å². The van der Waals surface area contributed by atoms with Crippen LogP contribution in [0.1, 0.15) is 15.9 Å². The van der Waals surface area contributed by atoms with Gasteiger partial charge in [-0.25, -0.2) is 4.68 Å². The van der Waals surface area contributed by atoms with E-state index in [0.29, 0.717) is 11.1 Å². The van der Waals surface area contributed by atoms with Gasteiger partial charge in [0.15, 0.2) is 0 Å². The molecule has 0 saturated heterocycles. The maximum absolute atomic E-state index is 12.0. The van der Waals surface area contributed by atoms with E-state index in [4.69, 9.17) is 0 Å². The minimum atomic E-state index is -0.513. The van der Waals surface area contributed by atoms with Crippen LogP contribution in [0.2, 0.25) is 0 Å². The fourth-order valence-corrected chi connectivity index (χ4v) is 1.52. The van der Waals surface area contributed by atoms with Crippen molar-refractivity contribution < 1.29 is 9.72 Å². The summed E-state index contributed by atoms with van der Waals surface area (Å²) in [6.45, 7) is 1.62. The van der Waals surface area contributed by atoms with Gasteiger partial charge in [0.05, 0.1) is 4.92 Å². The van der Waals surface area contributed by atoms with Crippen molar-refractivity contribution in [3.05, 3.63) is 39.4 Å². The van der Waals surface area contributed by atoms with Crippen LogP contribution in [0.5, 0.6) is 0 Å². The molecule has 0 aliphatic rings. The Kier molecular flexibility index (Phi) is 3.19. The molecule has 0 saturated carbocycles. The highest BCUT2D eigenvalue weighted by Crippen LogP contribution is 2.17. The lowest BCUT2D eigenvalue weighted by Crippen LogP contribution is -2.16. The maximum Gasteiger partial charge on any atom is 0.269 e. The lowest BCUT2D eigenvalue weighted by Gasteiger charge is -2.05. The standard InChI is InChI=1S/C10H10N6O3/c1-6-5-7(16(18)19)3-4-8(6)9(17)11-10-12-13-14-15(10)2/h3-5H,1-2H3,(H,11,12,14,17). The summed E-state index contributed by atoms with van der Waals surface area (Å²) >= 11 is 0. The van der Waals surface area contributed by atoms with Crippen LogP contribution in [0.4, 0.5) is 11.6 Å². The zero-order valence-corrected chi connectivity index (χ0v) is 10.2. The Morgan fingerprint density at radius 2 is 2.21 bits per heavy atom. The van der Waals surface area contributed by atoms with Crippen LogP contribution >= 0.6 is 0 Å². The highest BCUT2D eigenvalue weighted by Gasteiger charge is 2.15. The average Bonchev–Trinajstić information content (AvgIpc) is 2.74. The van der Waals surface area contributed by atoms with Gasteiger partial charge in [0, 0.05) is 24.7 Å². The predicted molar refractivity (Wildman–Crippen MR) is 64.6 cm³/mol. The smallest absolute Gasteiger partial charge is 0.269 e. The molecule has 1 aromatic carbocycles. The third-order valence-electron chi connectivity index (χ3n) is 2.51. The third kappa shape index (κ3) is 2.54. The van der Waals surface area contributed by atoms with Gasteiger partial charge in [-0.15, -0.1) is 0 Å². The number of benzene rings is 1. The van der Waals surface area contributed by atoms with Crippen molar-refractivity contribution >= 4 is 17.5 Å². The van der Waals surface area contributed by atoms with Crippen LogP contribution in [0.3, 0.4) is 0 Å².